The lowest BCUT2D eigenvalue weighted by atomic mass is 9.99. The minimum Gasteiger partial charge on any atom is -0.463 e. The Labute approximate surface area is 299 Å². The van der Waals surface area contributed by atoms with Crippen molar-refractivity contribution in [1.29, 1.82) is 0 Å². The molecule has 0 aliphatic carbocycles. The SMILES string of the molecule is CCCCCCCCCCCCCCCCCCC(=O)OC[C@@H](O)COC(=O)CCCCCCCCCCCCCCCCC(C)CC. The molecule has 0 rings (SSSR count). The van der Waals surface area contributed by atoms with E-state index in [-0.39, 0.29) is 25.2 Å². The Hall–Kier alpha value is -1.10. The zero-order chi connectivity index (χ0) is 35.2. The summed E-state index contributed by atoms with van der Waals surface area (Å²) in [5.41, 5.74) is 0. The number of esters is 2. The highest BCUT2D eigenvalue weighted by atomic mass is 16.6. The second kappa shape index (κ2) is 38.7. The first-order valence-corrected chi connectivity index (χ1v) is 21.5. The molecule has 0 aromatic heterocycles. The molecule has 0 fully saturated rings. The summed E-state index contributed by atoms with van der Waals surface area (Å²) in [6.45, 7) is 6.73. The minimum atomic E-state index is -0.955. The van der Waals surface area contributed by atoms with Gasteiger partial charge in [0.2, 0.25) is 0 Å². The number of rotatable bonds is 39. The predicted octanol–water partition coefficient (Wildman–Crippen LogP) is 13.4. The van der Waals surface area contributed by atoms with Gasteiger partial charge in [-0.15, -0.1) is 0 Å². The maximum Gasteiger partial charge on any atom is 0.305 e. The van der Waals surface area contributed by atoms with Crippen LogP contribution in [0.15, 0.2) is 0 Å². The van der Waals surface area contributed by atoms with Crippen LogP contribution < -0.4 is 0 Å². The smallest absolute Gasteiger partial charge is 0.305 e. The molecule has 0 aromatic rings. The molecule has 0 aliphatic rings. The predicted molar refractivity (Wildman–Crippen MR) is 205 cm³/mol. The van der Waals surface area contributed by atoms with Gasteiger partial charge in [-0.1, -0.05) is 213 Å². The van der Waals surface area contributed by atoms with Crippen LogP contribution in [0, 0.1) is 5.92 Å². The van der Waals surface area contributed by atoms with E-state index in [2.05, 4.69) is 20.8 Å². The molecule has 1 unspecified atom stereocenters. The quantitative estimate of drug-likeness (QED) is 0.0517. The third-order valence-corrected chi connectivity index (χ3v) is 10.1. The first kappa shape index (κ1) is 46.9. The van der Waals surface area contributed by atoms with Crippen LogP contribution in [-0.4, -0.2) is 36.4 Å². The van der Waals surface area contributed by atoms with Crippen molar-refractivity contribution in [3.63, 3.8) is 0 Å². The van der Waals surface area contributed by atoms with E-state index in [4.69, 9.17) is 9.47 Å². The van der Waals surface area contributed by atoms with Gasteiger partial charge in [-0.25, -0.2) is 0 Å². The van der Waals surface area contributed by atoms with Gasteiger partial charge in [0.1, 0.15) is 19.3 Å². The first-order valence-electron chi connectivity index (χ1n) is 21.5. The van der Waals surface area contributed by atoms with Gasteiger partial charge in [-0.3, -0.25) is 9.59 Å². The lowest BCUT2D eigenvalue weighted by Gasteiger charge is -2.12. The van der Waals surface area contributed by atoms with Crippen LogP contribution in [0.2, 0.25) is 0 Å². The third kappa shape index (κ3) is 37.7. The normalized spacial score (nSPS) is 12.7. The second-order valence-corrected chi connectivity index (χ2v) is 15.1. The molecule has 0 aromatic carbocycles. The molecule has 0 radical (unpaired) electrons. The number of unbranched alkanes of at least 4 members (excludes halogenated alkanes) is 28. The summed E-state index contributed by atoms with van der Waals surface area (Å²) in [5.74, 6) is 0.355. The van der Waals surface area contributed by atoms with Gasteiger partial charge in [0.05, 0.1) is 0 Å². The van der Waals surface area contributed by atoms with Crippen molar-refractivity contribution in [3.05, 3.63) is 0 Å². The van der Waals surface area contributed by atoms with Crippen LogP contribution in [-0.2, 0) is 19.1 Å². The fraction of sp³-hybridized carbons (Fsp3) is 0.953. The topological polar surface area (TPSA) is 72.8 Å². The average Bonchev–Trinajstić information content (AvgIpc) is 3.09. The Kier molecular flexibility index (Phi) is 37.8. The van der Waals surface area contributed by atoms with Gasteiger partial charge in [-0.2, -0.15) is 0 Å². The number of carbonyl (C=O) groups is 2. The van der Waals surface area contributed by atoms with E-state index in [1.54, 1.807) is 0 Å². The van der Waals surface area contributed by atoms with Crippen molar-refractivity contribution in [3.8, 4) is 0 Å². The number of aliphatic hydroxyl groups is 1. The minimum absolute atomic E-state index is 0.108. The molecule has 0 amide bonds. The molecule has 2 atom stereocenters. The summed E-state index contributed by atoms with van der Waals surface area (Å²) < 4.78 is 10.4. The standard InChI is InChI=1S/C43H84O5/c1-4-6-7-8-9-10-11-12-13-14-18-21-24-27-30-33-36-42(45)47-38-41(44)39-48-43(46)37-34-31-28-25-22-19-16-15-17-20-23-26-29-32-35-40(3)5-2/h40-41,44H,4-39H2,1-3H3/t40?,41-/m1/s1. The molecule has 0 aliphatic heterocycles. The Morgan fingerprint density at radius 3 is 1.00 bits per heavy atom. The van der Waals surface area contributed by atoms with E-state index in [1.165, 1.54) is 180 Å². The lowest BCUT2D eigenvalue weighted by Crippen LogP contribution is -2.25. The van der Waals surface area contributed by atoms with Crippen molar-refractivity contribution in [2.24, 2.45) is 5.92 Å². The Morgan fingerprint density at radius 1 is 0.438 bits per heavy atom. The fourth-order valence-corrected chi connectivity index (χ4v) is 6.48. The van der Waals surface area contributed by atoms with Gasteiger partial charge in [0, 0.05) is 12.8 Å². The highest BCUT2D eigenvalue weighted by molar-refractivity contribution is 5.69. The number of hydrogen-bond donors (Lipinski definition) is 1. The number of aliphatic hydroxyl groups excluding tert-OH is 1. The van der Waals surface area contributed by atoms with Crippen molar-refractivity contribution < 1.29 is 24.2 Å². The third-order valence-electron chi connectivity index (χ3n) is 10.1. The molecular formula is C43H84O5. The summed E-state index contributed by atoms with van der Waals surface area (Å²) in [6, 6.07) is 0. The van der Waals surface area contributed by atoms with Gasteiger partial charge in [0.15, 0.2) is 0 Å². The molecular weight excluding hydrogens is 596 g/mol. The summed E-state index contributed by atoms with van der Waals surface area (Å²) in [6.07, 6.45) is 41.5. The van der Waals surface area contributed by atoms with E-state index in [0.29, 0.717) is 12.8 Å². The summed E-state index contributed by atoms with van der Waals surface area (Å²) in [4.78, 5) is 24.0. The van der Waals surface area contributed by atoms with E-state index in [0.717, 1.165) is 31.6 Å². The van der Waals surface area contributed by atoms with Gasteiger partial charge in [0.25, 0.3) is 0 Å². The number of carbonyl (C=O) groups excluding carboxylic acids is 2. The summed E-state index contributed by atoms with van der Waals surface area (Å²) in [7, 11) is 0. The molecule has 0 saturated carbocycles. The van der Waals surface area contributed by atoms with Crippen molar-refractivity contribution >= 4 is 11.9 Å². The zero-order valence-electron chi connectivity index (χ0n) is 32.7. The fourth-order valence-electron chi connectivity index (χ4n) is 6.48. The van der Waals surface area contributed by atoms with E-state index >= 15 is 0 Å². The van der Waals surface area contributed by atoms with Crippen molar-refractivity contribution in [2.45, 2.75) is 245 Å². The highest BCUT2D eigenvalue weighted by Crippen LogP contribution is 2.17. The summed E-state index contributed by atoms with van der Waals surface area (Å²) in [5, 5.41) is 10.0. The van der Waals surface area contributed by atoms with Gasteiger partial charge in [-0.05, 0) is 18.8 Å². The molecule has 5 heteroatoms. The Morgan fingerprint density at radius 2 is 0.708 bits per heavy atom. The van der Waals surface area contributed by atoms with Crippen LogP contribution >= 0.6 is 0 Å². The van der Waals surface area contributed by atoms with Gasteiger partial charge < -0.3 is 14.6 Å². The molecule has 1 N–H and O–H groups in total. The molecule has 0 spiro atoms. The van der Waals surface area contributed by atoms with Crippen LogP contribution in [0.5, 0.6) is 0 Å². The monoisotopic (exact) mass is 681 g/mol. The first-order chi connectivity index (χ1) is 23.5. The van der Waals surface area contributed by atoms with Crippen LogP contribution in [0.4, 0.5) is 0 Å². The summed E-state index contributed by atoms with van der Waals surface area (Å²) >= 11 is 0. The van der Waals surface area contributed by atoms with Crippen LogP contribution in [0.1, 0.15) is 239 Å². The van der Waals surface area contributed by atoms with Crippen molar-refractivity contribution in [1.82, 2.24) is 0 Å². The molecule has 5 nitrogen and oxygen atoms in total. The molecule has 0 heterocycles. The van der Waals surface area contributed by atoms with Crippen molar-refractivity contribution in [2.75, 3.05) is 13.2 Å². The maximum absolute atomic E-state index is 12.0. The van der Waals surface area contributed by atoms with E-state index < -0.39 is 6.10 Å². The average molecular weight is 681 g/mol. The maximum atomic E-state index is 12.0. The number of hydrogen-bond acceptors (Lipinski definition) is 5. The Bertz CT molecular complexity index is 666. The molecule has 48 heavy (non-hydrogen) atoms. The van der Waals surface area contributed by atoms with E-state index in [1.807, 2.05) is 0 Å². The second-order valence-electron chi connectivity index (χ2n) is 15.1. The van der Waals surface area contributed by atoms with Crippen LogP contribution in [0.3, 0.4) is 0 Å². The van der Waals surface area contributed by atoms with E-state index in [9.17, 15) is 14.7 Å². The Balaban J connectivity index is 3.37. The number of ether oxygens (including phenoxy) is 2. The highest BCUT2D eigenvalue weighted by Gasteiger charge is 2.12. The van der Waals surface area contributed by atoms with Crippen LogP contribution in [0.25, 0.3) is 0 Å². The molecule has 0 bridgehead atoms. The molecule has 0 saturated heterocycles. The largest absolute Gasteiger partial charge is 0.463 e. The van der Waals surface area contributed by atoms with Gasteiger partial charge >= 0.3 is 11.9 Å². The zero-order valence-corrected chi connectivity index (χ0v) is 32.7. The lowest BCUT2D eigenvalue weighted by molar-refractivity contribution is -0.152. The molecule has 286 valence electrons.